The van der Waals surface area contributed by atoms with Gasteiger partial charge in [-0.25, -0.2) is 9.37 Å². The van der Waals surface area contributed by atoms with Crippen LogP contribution in [0.5, 0.6) is 0 Å². The van der Waals surface area contributed by atoms with Gasteiger partial charge in [0.05, 0.1) is 11.4 Å². The second kappa shape index (κ2) is 7.44. The molecule has 0 spiro atoms. The van der Waals surface area contributed by atoms with E-state index in [4.69, 9.17) is 0 Å². The molecule has 0 radical (unpaired) electrons. The Hall–Kier alpha value is -3.80. The molecule has 0 saturated heterocycles. The first kappa shape index (κ1) is 17.6. The topological polar surface area (TPSA) is 59.3 Å². The van der Waals surface area contributed by atoms with E-state index in [1.807, 2.05) is 41.1 Å². The largest absolute Gasteiger partial charge is 0.348 e. The minimum absolute atomic E-state index is 0.261. The number of aromatic nitrogens is 3. The van der Waals surface area contributed by atoms with E-state index in [9.17, 15) is 9.18 Å². The SMILES string of the molecule is C=CC(=O)NCc1cnc(-c2ccc(F)cc2)cc1-c1cn2ccccc2n1. The molecule has 3 heterocycles. The quantitative estimate of drug-likeness (QED) is 0.539. The van der Waals surface area contributed by atoms with Gasteiger partial charge in [0, 0.05) is 36.3 Å². The van der Waals surface area contributed by atoms with Gasteiger partial charge in [0.25, 0.3) is 0 Å². The van der Waals surface area contributed by atoms with Crippen molar-refractivity contribution in [2.75, 3.05) is 0 Å². The summed E-state index contributed by atoms with van der Waals surface area (Å²) in [7, 11) is 0. The molecular formula is C22H17FN4O. The summed E-state index contributed by atoms with van der Waals surface area (Å²) in [5, 5.41) is 2.78. The molecule has 0 fully saturated rings. The molecule has 0 saturated carbocycles. The summed E-state index contributed by atoms with van der Waals surface area (Å²) in [5.74, 6) is -0.559. The highest BCUT2D eigenvalue weighted by molar-refractivity contribution is 5.87. The molecule has 0 aliphatic heterocycles. The van der Waals surface area contributed by atoms with E-state index in [0.29, 0.717) is 12.2 Å². The Bertz CT molecular complexity index is 1130. The molecule has 1 N–H and O–H groups in total. The predicted octanol–water partition coefficient (Wildman–Crippen LogP) is 4.00. The highest BCUT2D eigenvalue weighted by atomic mass is 19.1. The molecule has 0 atom stereocenters. The minimum atomic E-state index is -0.298. The van der Waals surface area contributed by atoms with E-state index < -0.39 is 0 Å². The van der Waals surface area contributed by atoms with Crippen LogP contribution in [0.25, 0.3) is 28.2 Å². The normalized spacial score (nSPS) is 10.8. The number of fused-ring (bicyclic) bond motifs is 1. The van der Waals surface area contributed by atoms with Crippen molar-refractivity contribution in [3.8, 4) is 22.5 Å². The van der Waals surface area contributed by atoms with Crippen LogP contribution in [0.4, 0.5) is 4.39 Å². The molecule has 4 aromatic rings. The number of imidazole rings is 1. The Labute approximate surface area is 161 Å². The number of pyridine rings is 2. The maximum Gasteiger partial charge on any atom is 0.243 e. The third kappa shape index (κ3) is 3.53. The van der Waals surface area contributed by atoms with Crippen molar-refractivity contribution < 1.29 is 9.18 Å². The Morgan fingerprint density at radius 2 is 2.00 bits per heavy atom. The van der Waals surface area contributed by atoms with Crippen LogP contribution in [-0.4, -0.2) is 20.3 Å². The lowest BCUT2D eigenvalue weighted by Gasteiger charge is -2.10. The zero-order chi connectivity index (χ0) is 19.5. The van der Waals surface area contributed by atoms with E-state index >= 15 is 0 Å². The van der Waals surface area contributed by atoms with E-state index in [2.05, 4.69) is 21.9 Å². The maximum atomic E-state index is 13.3. The van der Waals surface area contributed by atoms with Crippen LogP contribution in [0.3, 0.4) is 0 Å². The zero-order valence-corrected chi connectivity index (χ0v) is 15.0. The summed E-state index contributed by atoms with van der Waals surface area (Å²) in [5.41, 5.74) is 4.75. The summed E-state index contributed by atoms with van der Waals surface area (Å²) >= 11 is 0. The van der Waals surface area contributed by atoms with Gasteiger partial charge in [-0.2, -0.15) is 0 Å². The monoisotopic (exact) mass is 372 g/mol. The van der Waals surface area contributed by atoms with Crippen LogP contribution in [0, 0.1) is 5.82 Å². The third-order valence-electron chi connectivity index (χ3n) is 4.40. The Morgan fingerprint density at radius 1 is 1.18 bits per heavy atom. The molecule has 6 heteroatoms. The maximum absolute atomic E-state index is 13.3. The highest BCUT2D eigenvalue weighted by Gasteiger charge is 2.13. The fraction of sp³-hybridized carbons (Fsp3) is 0.0455. The number of carbonyl (C=O) groups excluding carboxylic acids is 1. The van der Waals surface area contributed by atoms with Crippen molar-refractivity contribution in [3.63, 3.8) is 0 Å². The molecule has 0 aliphatic rings. The van der Waals surface area contributed by atoms with Gasteiger partial charge in [0.15, 0.2) is 0 Å². The number of halogens is 1. The number of carbonyl (C=O) groups is 1. The molecule has 138 valence electrons. The predicted molar refractivity (Wildman–Crippen MR) is 106 cm³/mol. The lowest BCUT2D eigenvalue weighted by Crippen LogP contribution is -2.20. The van der Waals surface area contributed by atoms with Gasteiger partial charge in [-0.3, -0.25) is 9.78 Å². The van der Waals surface area contributed by atoms with Crippen LogP contribution in [0.1, 0.15) is 5.56 Å². The minimum Gasteiger partial charge on any atom is -0.348 e. The lowest BCUT2D eigenvalue weighted by molar-refractivity contribution is -0.116. The van der Waals surface area contributed by atoms with Crippen molar-refractivity contribution in [2.45, 2.75) is 6.54 Å². The molecule has 28 heavy (non-hydrogen) atoms. The number of nitrogens with one attached hydrogen (secondary N) is 1. The molecule has 0 bridgehead atoms. The average molecular weight is 372 g/mol. The summed E-state index contributed by atoms with van der Waals surface area (Å²) < 4.78 is 15.2. The van der Waals surface area contributed by atoms with Crippen molar-refractivity contribution in [1.82, 2.24) is 19.7 Å². The molecule has 4 rings (SSSR count). The Balaban J connectivity index is 1.80. The second-order valence-electron chi connectivity index (χ2n) is 6.25. The first-order valence-corrected chi connectivity index (χ1v) is 8.73. The number of hydrogen-bond donors (Lipinski definition) is 1. The number of amides is 1. The van der Waals surface area contributed by atoms with Gasteiger partial charge in [0.1, 0.15) is 11.5 Å². The van der Waals surface area contributed by atoms with Gasteiger partial charge in [-0.05, 0) is 54.1 Å². The Kier molecular flexibility index (Phi) is 4.68. The first-order chi connectivity index (χ1) is 13.6. The van der Waals surface area contributed by atoms with E-state index in [1.54, 1.807) is 18.3 Å². The van der Waals surface area contributed by atoms with Crippen LogP contribution in [0.15, 0.2) is 79.8 Å². The van der Waals surface area contributed by atoms with E-state index in [-0.39, 0.29) is 11.7 Å². The molecule has 0 unspecified atom stereocenters. The van der Waals surface area contributed by atoms with Crippen molar-refractivity contribution in [3.05, 3.63) is 91.2 Å². The van der Waals surface area contributed by atoms with Crippen LogP contribution >= 0.6 is 0 Å². The fourth-order valence-electron chi connectivity index (χ4n) is 2.96. The third-order valence-corrected chi connectivity index (χ3v) is 4.40. The van der Waals surface area contributed by atoms with Gasteiger partial charge >= 0.3 is 0 Å². The van der Waals surface area contributed by atoms with Crippen molar-refractivity contribution in [1.29, 1.82) is 0 Å². The number of nitrogens with zero attached hydrogens (tertiary/aromatic N) is 3. The molecule has 1 amide bonds. The molecule has 5 nitrogen and oxygen atoms in total. The van der Waals surface area contributed by atoms with Gasteiger partial charge < -0.3 is 9.72 Å². The molecule has 1 aromatic carbocycles. The highest BCUT2D eigenvalue weighted by Crippen LogP contribution is 2.28. The summed E-state index contributed by atoms with van der Waals surface area (Å²) in [6, 6.07) is 13.9. The van der Waals surface area contributed by atoms with Crippen molar-refractivity contribution >= 4 is 11.6 Å². The lowest BCUT2D eigenvalue weighted by atomic mass is 10.0. The molecule has 3 aromatic heterocycles. The van der Waals surface area contributed by atoms with Crippen LogP contribution < -0.4 is 5.32 Å². The van der Waals surface area contributed by atoms with Crippen molar-refractivity contribution in [2.24, 2.45) is 0 Å². The molecular weight excluding hydrogens is 355 g/mol. The van der Waals surface area contributed by atoms with Crippen LogP contribution in [0.2, 0.25) is 0 Å². The summed E-state index contributed by atoms with van der Waals surface area (Å²) in [6.45, 7) is 3.77. The molecule has 0 aliphatic carbocycles. The summed E-state index contributed by atoms with van der Waals surface area (Å²) in [6.07, 6.45) is 6.79. The number of benzene rings is 1. The average Bonchev–Trinajstić information content (AvgIpc) is 3.16. The summed E-state index contributed by atoms with van der Waals surface area (Å²) in [4.78, 5) is 20.8. The second-order valence-corrected chi connectivity index (χ2v) is 6.25. The number of rotatable bonds is 5. The van der Waals surface area contributed by atoms with Gasteiger partial charge in [0.2, 0.25) is 5.91 Å². The van der Waals surface area contributed by atoms with E-state index in [1.165, 1.54) is 18.2 Å². The zero-order valence-electron chi connectivity index (χ0n) is 15.0. The number of hydrogen-bond acceptors (Lipinski definition) is 3. The van der Waals surface area contributed by atoms with Gasteiger partial charge in [-0.1, -0.05) is 12.6 Å². The first-order valence-electron chi connectivity index (χ1n) is 8.73. The van der Waals surface area contributed by atoms with E-state index in [0.717, 1.165) is 28.0 Å². The van der Waals surface area contributed by atoms with Crippen LogP contribution in [-0.2, 0) is 11.3 Å². The standard InChI is InChI=1S/C22H17FN4O/c1-2-22(28)25-13-16-12-24-19(15-6-8-17(23)9-7-15)11-18(16)20-14-27-10-4-3-5-21(27)26-20/h2-12,14H,1,13H2,(H,25,28). The van der Waals surface area contributed by atoms with Gasteiger partial charge in [-0.15, -0.1) is 0 Å². The Morgan fingerprint density at radius 3 is 2.75 bits per heavy atom. The smallest absolute Gasteiger partial charge is 0.243 e. The fourth-order valence-corrected chi connectivity index (χ4v) is 2.96.